The summed E-state index contributed by atoms with van der Waals surface area (Å²) in [6.45, 7) is 5.19. The standard InChI is InChI=1S/C17H19N3O3/c1-3-19(4-2)15-11-10-13(12-16(15)20(22)23)17(21)18-14-8-6-5-7-9-14/h5-12H,3-4H2,1-2H3,(H,18,21). The Morgan fingerprint density at radius 2 is 1.78 bits per heavy atom. The molecule has 23 heavy (non-hydrogen) atoms. The zero-order chi connectivity index (χ0) is 16.8. The summed E-state index contributed by atoms with van der Waals surface area (Å²) < 4.78 is 0. The molecule has 0 aliphatic heterocycles. The summed E-state index contributed by atoms with van der Waals surface area (Å²) in [5.41, 5.74) is 1.37. The number of carbonyl (C=O) groups excluding carboxylic acids is 1. The number of nitrogens with one attached hydrogen (secondary N) is 1. The lowest BCUT2D eigenvalue weighted by Crippen LogP contribution is -2.23. The molecule has 1 amide bonds. The van der Waals surface area contributed by atoms with Crippen molar-refractivity contribution in [1.29, 1.82) is 0 Å². The van der Waals surface area contributed by atoms with Crippen LogP contribution in [0, 0.1) is 10.1 Å². The van der Waals surface area contributed by atoms with Gasteiger partial charge in [-0.3, -0.25) is 14.9 Å². The summed E-state index contributed by atoms with van der Waals surface area (Å²) in [6, 6.07) is 13.5. The topological polar surface area (TPSA) is 75.5 Å². The molecule has 2 aromatic rings. The second-order valence-electron chi connectivity index (χ2n) is 4.95. The Bertz CT molecular complexity index is 697. The summed E-state index contributed by atoms with van der Waals surface area (Å²) in [7, 11) is 0. The highest BCUT2D eigenvalue weighted by Gasteiger charge is 2.20. The van der Waals surface area contributed by atoms with E-state index in [1.165, 1.54) is 6.07 Å². The number of carbonyl (C=O) groups is 1. The van der Waals surface area contributed by atoms with Gasteiger partial charge in [0.1, 0.15) is 5.69 Å². The summed E-state index contributed by atoms with van der Waals surface area (Å²) in [4.78, 5) is 25.0. The summed E-state index contributed by atoms with van der Waals surface area (Å²) in [5, 5.41) is 14.1. The monoisotopic (exact) mass is 313 g/mol. The van der Waals surface area contributed by atoms with E-state index in [2.05, 4.69) is 5.32 Å². The lowest BCUT2D eigenvalue weighted by atomic mass is 10.1. The summed E-state index contributed by atoms with van der Waals surface area (Å²) >= 11 is 0. The van der Waals surface area contributed by atoms with Crippen LogP contribution in [0.2, 0.25) is 0 Å². The molecule has 0 saturated carbocycles. The van der Waals surface area contributed by atoms with Crippen LogP contribution in [0.4, 0.5) is 17.1 Å². The third kappa shape index (κ3) is 3.85. The Labute approximate surface area is 134 Å². The predicted octanol–water partition coefficient (Wildman–Crippen LogP) is 3.69. The van der Waals surface area contributed by atoms with E-state index >= 15 is 0 Å². The molecule has 0 unspecified atom stereocenters. The summed E-state index contributed by atoms with van der Waals surface area (Å²) in [5.74, 6) is -0.370. The van der Waals surface area contributed by atoms with Crippen molar-refractivity contribution >= 4 is 23.0 Å². The molecule has 0 fully saturated rings. The molecule has 0 aliphatic carbocycles. The van der Waals surface area contributed by atoms with Crippen LogP contribution in [-0.2, 0) is 0 Å². The van der Waals surface area contributed by atoms with Crippen molar-refractivity contribution in [3.63, 3.8) is 0 Å². The third-order valence-corrected chi connectivity index (χ3v) is 3.57. The molecule has 120 valence electrons. The molecule has 0 aliphatic rings. The van der Waals surface area contributed by atoms with E-state index in [0.29, 0.717) is 24.5 Å². The maximum absolute atomic E-state index is 12.3. The highest BCUT2D eigenvalue weighted by atomic mass is 16.6. The molecular weight excluding hydrogens is 294 g/mol. The fourth-order valence-electron chi connectivity index (χ4n) is 2.37. The number of benzene rings is 2. The minimum absolute atomic E-state index is 0.0607. The van der Waals surface area contributed by atoms with Crippen LogP contribution >= 0.6 is 0 Å². The molecule has 2 rings (SSSR count). The number of anilines is 2. The van der Waals surface area contributed by atoms with Gasteiger partial charge in [-0.05, 0) is 38.1 Å². The number of hydrogen-bond acceptors (Lipinski definition) is 4. The van der Waals surface area contributed by atoms with Gasteiger partial charge in [0.25, 0.3) is 11.6 Å². The van der Waals surface area contributed by atoms with Crippen molar-refractivity contribution in [3.05, 3.63) is 64.2 Å². The molecule has 6 nitrogen and oxygen atoms in total. The Morgan fingerprint density at radius 3 is 2.35 bits per heavy atom. The van der Waals surface area contributed by atoms with Gasteiger partial charge in [0.15, 0.2) is 0 Å². The third-order valence-electron chi connectivity index (χ3n) is 3.57. The first kappa shape index (κ1) is 16.5. The van der Waals surface area contributed by atoms with Gasteiger partial charge in [-0.1, -0.05) is 18.2 Å². The quantitative estimate of drug-likeness (QED) is 0.652. The van der Waals surface area contributed by atoms with Crippen molar-refractivity contribution < 1.29 is 9.72 Å². The average Bonchev–Trinajstić information content (AvgIpc) is 2.57. The van der Waals surface area contributed by atoms with Crippen LogP contribution in [0.25, 0.3) is 0 Å². The SMILES string of the molecule is CCN(CC)c1ccc(C(=O)Nc2ccccc2)cc1[N+](=O)[O-]. The Balaban J connectivity index is 2.32. The van der Waals surface area contributed by atoms with Crippen molar-refractivity contribution in [2.45, 2.75) is 13.8 Å². The number of amides is 1. The number of hydrogen-bond donors (Lipinski definition) is 1. The zero-order valence-corrected chi connectivity index (χ0v) is 13.2. The van der Waals surface area contributed by atoms with Crippen LogP contribution < -0.4 is 10.2 Å². The van der Waals surface area contributed by atoms with Crippen molar-refractivity contribution in [3.8, 4) is 0 Å². The van der Waals surface area contributed by atoms with Gasteiger partial charge in [-0.2, -0.15) is 0 Å². The smallest absolute Gasteiger partial charge is 0.293 e. The Kier molecular flexibility index (Phi) is 5.30. The van der Waals surface area contributed by atoms with Crippen molar-refractivity contribution in [2.24, 2.45) is 0 Å². The number of nitrogens with zero attached hydrogens (tertiary/aromatic N) is 2. The van der Waals surface area contributed by atoms with Gasteiger partial charge in [0.05, 0.1) is 4.92 Å². The van der Waals surface area contributed by atoms with E-state index < -0.39 is 4.92 Å². The second-order valence-corrected chi connectivity index (χ2v) is 4.95. The largest absolute Gasteiger partial charge is 0.367 e. The highest BCUT2D eigenvalue weighted by Crippen LogP contribution is 2.29. The first-order valence-electron chi connectivity index (χ1n) is 7.46. The highest BCUT2D eigenvalue weighted by molar-refractivity contribution is 6.05. The van der Waals surface area contributed by atoms with E-state index in [1.54, 1.807) is 24.3 Å². The summed E-state index contributed by atoms with van der Waals surface area (Å²) in [6.07, 6.45) is 0. The molecule has 6 heteroatoms. The van der Waals surface area contributed by atoms with E-state index in [4.69, 9.17) is 0 Å². The zero-order valence-electron chi connectivity index (χ0n) is 13.2. The van der Waals surface area contributed by atoms with Gasteiger partial charge in [0, 0.05) is 30.4 Å². The maximum atomic E-state index is 12.3. The van der Waals surface area contributed by atoms with E-state index in [1.807, 2.05) is 36.9 Å². The maximum Gasteiger partial charge on any atom is 0.293 e. The molecular formula is C17H19N3O3. The number of nitro groups is 1. The Morgan fingerprint density at radius 1 is 1.13 bits per heavy atom. The fraction of sp³-hybridized carbons (Fsp3) is 0.235. The van der Waals surface area contributed by atoms with Crippen LogP contribution in [0.1, 0.15) is 24.2 Å². The molecule has 0 saturated heterocycles. The molecule has 2 aromatic carbocycles. The van der Waals surface area contributed by atoms with E-state index in [9.17, 15) is 14.9 Å². The van der Waals surface area contributed by atoms with Gasteiger partial charge >= 0.3 is 0 Å². The van der Waals surface area contributed by atoms with Gasteiger partial charge in [0.2, 0.25) is 0 Å². The van der Waals surface area contributed by atoms with Crippen LogP contribution in [-0.4, -0.2) is 23.9 Å². The molecule has 1 N–H and O–H groups in total. The second kappa shape index (κ2) is 7.40. The van der Waals surface area contributed by atoms with E-state index in [-0.39, 0.29) is 17.2 Å². The molecule has 0 atom stereocenters. The number of nitro benzene ring substituents is 1. The van der Waals surface area contributed by atoms with Crippen molar-refractivity contribution in [2.75, 3.05) is 23.3 Å². The first-order valence-corrected chi connectivity index (χ1v) is 7.46. The lowest BCUT2D eigenvalue weighted by molar-refractivity contribution is -0.384. The van der Waals surface area contributed by atoms with Crippen molar-refractivity contribution in [1.82, 2.24) is 0 Å². The van der Waals surface area contributed by atoms with Gasteiger partial charge in [-0.15, -0.1) is 0 Å². The number of rotatable bonds is 6. The first-order chi connectivity index (χ1) is 11.1. The predicted molar refractivity (Wildman–Crippen MR) is 91.1 cm³/mol. The molecule has 0 aromatic heterocycles. The van der Waals surface area contributed by atoms with Crippen LogP contribution in [0.3, 0.4) is 0 Å². The van der Waals surface area contributed by atoms with Crippen LogP contribution in [0.5, 0.6) is 0 Å². The molecule has 0 bridgehead atoms. The van der Waals surface area contributed by atoms with E-state index in [0.717, 1.165) is 0 Å². The molecule has 0 heterocycles. The number of para-hydroxylation sites is 1. The normalized spacial score (nSPS) is 10.2. The molecule has 0 radical (unpaired) electrons. The fourth-order valence-corrected chi connectivity index (χ4v) is 2.37. The lowest BCUT2D eigenvalue weighted by Gasteiger charge is -2.21. The average molecular weight is 313 g/mol. The minimum atomic E-state index is -0.451. The van der Waals surface area contributed by atoms with Gasteiger partial charge < -0.3 is 10.2 Å². The van der Waals surface area contributed by atoms with Gasteiger partial charge in [-0.25, -0.2) is 0 Å². The van der Waals surface area contributed by atoms with Crippen LogP contribution in [0.15, 0.2) is 48.5 Å². The minimum Gasteiger partial charge on any atom is -0.367 e. The Hall–Kier alpha value is -2.89. The molecule has 0 spiro atoms.